The molecule has 1 fully saturated rings. The second-order valence-electron chi connectivity index (χ2n) is 7.66. The number of anilines is 2. The van der Waals surface area contributed by atoms with E-state index in [4.69, 9.17) is 0 Å². The third-order valence-corrected chi connectivity index (χ3v) is 5.66. The average Bonchev–Trinajstić information content (AvgIpc) is 3.17. The SMILES string of the molecule is Cc1cc(Nc2ccc([N+]3([O-])CCCCC3)cc2)c2c(ccc3ncnc32)[nH]1. The first-order valence-corrected chi connectivity index (χ1v) is 9.81. The second-order valence-corrected chi connectivity index (χ2v) is 7.66. The fourth-order valence-corrected chi connectivity index (χ4v) is 4.23. The van der Waals surface area contributed by atoms with Crippen molar-refractivity contribution in [2.45, 2.75) is 26.2 Å². The Hall–Kier alpha value is -2.96. The molecule has 0 spiro atoms. The number of nitrogens with one attached hydrogen (secondary N) is 2. The Kier molecular flexibility index (Phi) is 4.03. The fraction of sp³-hybridized carbons (Fsp3) is 0.273. The molecule has 28 heavy (non-hydrogen) atoms. The Morgan fingerprint density at radius 2 is 1.79 bits per heavy atom. The van der Waals surface area contributed by atoms with Gasteiger partial charge in [0.25, 0.3) is 0 Å². The summed E-state index contributed by atoms with van der Waals surface area (Å²) >= 11 is 0. The highest BCUT2D eigenvalue weighted by Crippen LogP contribution is 2.33. The maximum Gasteiger partial charge on any atom is 0.132 e. The summed E-state index contributed by atoms with van der Waals surface area (Å²) in [6.45, 7) is 3.40. The fourth-order valence-electron chi connectivity index (χ4n) is 4.23. The Balaban J connectivity index is 1.52. The number of H-pyrrole nitrogens is 1. The number of nitrogens with zero attached hydrogens (tertiary/aromatic N) is 3. The molecule has 6 heteroatoms. The van der Waals surface area contributed by atoms with Crippen LogP contribution in [0.15, 0.2) is 48.8 Å². The van der Waals surface area contributed by atoms with Crippen molar-refractivity contribution >= 4 is 39.0 Å². The van der Waals surface area contributed by atoms with Gasteiger partial charge in [0.05, 0.1) is 24.3 Å². The number of piperidine rings is 1. The van der Waals surface area contributed by atoms with Crippen LogP contribution in [-0.4, -0.2) is 28.0 Å². The number of fused-ring (bicyclic) bond motifs is 3. The van der Waals surface area contributed by atoms with E-state index < -0.39 is 0 Å². The lowest BCUT2D eigenvalue weighted by Crippen LogP contribution is -2.47. The highest BCUT2D eigenvalue weighted by molar-refractivity contribution is 6.10. The van der Waals surface area contributed by atoms with E-state index in [-0.39, 0.29) is 4.65 Å². The predicted octanol–water partition coefficient (Wildman–Crippen LogP) is 5.15. The van der Waals surface area contributed by atoms with E-state index in [9.17, 15) is 5.21 Å². The molecule has 2 aromatic carbocycles. The quantitative estimate of drug-likeness (QED) is 0.384. The molecule has 1 saturated heterocycles. The van der Waals surface area contributed by atoms with Gasteiger partial charge < -0.3 is 20.2 Å². The van der Waals surface area contributed by atoms with Crippen LogP contribution in [-0.2, 0) is 0 Å². The van der Waals surface area contributed by atoms with Crippen molar-refractivity contribution in [3.63, 3.8) is 0 Å². The Bertz CT molecular complexity index is 1140. The zero-order valence-electron chi connectivity index (χ0n) is 15.9. The molecule has 4 aromatic rings. The number of aromatic amines is 1. The minimum atomic E-state index is -0.202. The molecule has 6 nitrogen and oxygen atoms in total. The standard InChI is InChI=1S/C22H23N5O/c1-15-13-20(21-18(25-15)9-10-19-22(21)24-14-23-19)26-16-5-7-17(8-6-16)27(28)11-3-2-4-12-27/h5-10,13-14,25-26H,2-4,11-12H2,1H3. The van der Waals surface area contributed by atoms with Gasteiger partial charge in [-0.15, -0.1) is 0 Å². The summed E-state index contributed by atoms with van der Waals surface area (Å²) in [5.74, 6) is 0. The Labute approximate surface area is 163 Å². The summed E-state index contributed by atoms with van der Waals surface area (Å²) < 4.78 is -0.202. The van der Waals surface area contributed by atoms with E-state index in [1.807, 2.05) is 43.3 Å². The molecule has 0 atom stereocenters. The number of imidazole rings is 1. The highest BCUT2D eigenvalue weighted by Gasteiger charge is 2.23. The van der Waals surface area contributed by atoms with Crippen LogP contribution < -0.4 is 9.96 Å². The van der Waals surface area contributed by atoms with Crippen molar-refractivity contribution < 1.29 is 0 Å². The van der Waals surface area contributed by atoms with Crippen molar-refractivity contribution in [3.05, 3.63) is 59.7 Å². The molecular weight excluding hydrogens is 350 g/mol. The van der Waals surface area contributed by atoms with Gasteiger partial charge in [0.15, 0.2) is 0 Å². The molecule has 1 aliphatic rings. The molecule has 0 amide bonds. The topological polar surface area (TPSA) is 76.7 Å². The first-order chi connectivity index (χ1) is 13.6. The number of rotatable bonds is 3. The molecule has 2 N–H and O–H groups in total. The number of hydroxylamine groups is 2. The molecule has 142 valence electrons. The summed E-state index contributed by atoms with van der Waals surface area (Å²) in [6.07, 6.45) is 4.77. The van der Waals surface area contributed by atoms with Gasteiger partial charge >= 0.3 is 0 Å². The molecule has 0 bridgehead atoms. The van der Waals surface area contributed by atoms with Gasteiger partial charge in [0.1, 0.15) is 17.5 Å². The van der Waals surface area contributed by atoms with Gasteiger partial charge in [-0.05, 0) is 56.5 Å². The summed E-state index contributed by atoms with van der Waals surface area (Å²) in [6, 6.07) is 14.0. The van der Waals surface area contributed by atoms with Crippen molar-refractivity contribution in [2.24, 2.45) is 0 Å². The summed E-state index contributed by atoms with van der Waals surface area (Å²) in [5.41, 5.74) is 6.62. The Morgan fingerprint density at radius 3 is 2.57 bits per heavy atom. The lowest BCUT2D eigenvalue weighted by molar-refractivity contribution is 0.307. The molecule has 0 saturated carbocycles. The van der Waals surface area contributed by atoms with Crippen LogP contribution in [0.5, 0.6) is 0 Å². The van der Waals surface area contributed by atoms with Crippen molar-refractivity contribution in [1.82, 2.24) is 19.6 Å². The summed E-state index contributed by atoms with van der Waals surface area (Å²) in [4.78, 5) is 12.2. The first-order valence-electron chi connectivity index (χ1n) is 9.81. The summed E-state index contributed by atoms with van der Waals surface area (Å²) in [7, 11) is 0. The van der Waals surface area contributed by atoms with Gasteiger partial charge in [-0.25, -0.2) is 9.97 Å². The molecule has 0 radical (unpaired) electrons. The minimum Gasteiger partial charge on any atom is -0.627 e. The molecule has 0 aliphatic carbocycles. The molecule has 5 rings (SSSR count). The number of hydrogen-bond acceptors (Lipinski definition) is 4. The van der Waals surface area contributed by atoms with Crippen molar-refractivity contribution in [3.8, 4) is 0 Å². The average molecular weight is 373 g/mol. The van der Waals surface area contributed by atoms with Gasteiger partial charge in [-0.2, -0.15) is 0 Å². The van der Waals surface area contributed by atoms with Crippen LogP contribution in [0.1, 0.15) is 25.0 Å². The zero-order chi connectivity index (χ0) is 19.1. The van der Waals surface area contributed by atoms with Crippen LogP contribution in [0.3, 0.4) is 0 Å². The molecule has 2 aromatic heterocycles. The highest BCUT2D eigenvalue weighted by atomic mass is 16.5. The van der Waals surface area contributed by atoms with Gasteiger partial charge in [0.2, 0.25) is 0 Å². The van der Waals surface area contributed by atoms with E-state index in [1.54, 1.807) is 6.33 Å². The number of hydrogen-bond donors (Lipinski definition) is 2. The van der Waals surface area contributed by atoms with E-state index in [0.717, 1.165) is 57.5 Å². The van der Waals surface area contributed by atoms with E-state index >= 15 is 0 Å². The number of aromatic nitrogens is 3. The van der Waals surface area contributed by atoms with Crippen molar-refractivity contribution in [2.75, 3.05) is 18.4 Å². The van der Waals surface area contributed by atoms with Gasteiger partial charge in [0, 0.05) is 34.4 Å². The molecule has 1 aliphatic heterocycles. The van der Waals surface area contributed by atoms with Crippen molar-refractivity contribution in [1.29, 1.82) is 0 Å². The van der Waals surface area contributed by atoms with Crippen LogP contribution >= 0.6 is 0 Å². The van der Waals surface area contributed by atoms with Crippen LogP contribution in [0.25, 0.3) is 21.9 Å². The van der Waals surface area contributed by atoms with Crippen LogP contribution in [0, 0.1) is 12.1 Å². The number of pyridine rings is 1. The smallest absolute Gasteiger partial charge is 0.132 e. The zero-order valence-corrected chi connectivity index (χ0v) is 15.9. The third kappa shape index (κ3) is 2.91. The molecular formula is C22H23N5O. The molecule has 0 unspecified atom stereocenters. The van der Waals surface area contributed by atoms with Gasteiger partial charge in [-0.3, -0.25) is 0 Å². The third-order valence-electron chi connectivity index (χ3n) is 5.66. The largest absolute Gasteiger partial charge is 0.627 e. The maximum atomic E-state index is 13.0. The van der Waals surface area contributed by atoms with Crippen LogP contribution in [0.2, 0.25) is 0 Å². The van der Waals surface area contributed by atoms with E-state index in [0.29, 0.717) is 13.1 Å². The number of aryl methyl sites for hydroxylation is 1. The lowest BCUT2D eigenvalue weighted by Gasteiger charge is -2.44. The minimum absolute atomic E-state index is 0.202. The lowest BCUT2D eigenvalue weighted by atomic mass is 10.1. The van der Waals surface area contributed by atoms with E-state index in [1.165, 1.54) is 6.42 Å². The first kappa shape index (κ1) is 17.2. The summed E-state index contributed by atoms with van der Waals surface area (Å²) in [5, 5.41) is 17.6. The second kappa shape index (κ2) is 6.58. The van der Waals surface area contributed by atoms with Crippen LogP contribution in [0.4, 0.5) is 17.1 Å². The predicted molar refractivity (Wildman–Crippen MR) is 115 cm³/mol. The number of quaternary nitrogens is 1. The normalized spacial score (nSPS) is 16.5. The van der Waals surface area contributed by atoms with Gasteiger partial charge in [-0.1, -0.05) is 0 Å². The molecule has 3 heterocycles. The monoisotopic (exact) mass is 373 g/mol. The van der Waals surface area contributed by atoms with E-state index in [2.05, 4.69) is 26.3 Å². The number of benzene rings is 2. The maximum absolute atomic E-state index is 13.0. The Morgan fingerprint density at radius 1 is 1.00 bits per heavy atom.